The van der Waals surface area contributed by atoms with E-state index in [0.717, 1.165) is 18.8 Å². The lowest BCUT2D eigenvalue weighted by Crippen LogP contribution is -2.47. The molecule has 0 aromatic heterocycles. The second-order valence-corrected chi connectivity index (χ2v) is 8.56. The Hall–Kier alpha value is -1.83. The molecule has 2 saturated carbocycles. The van der Waals surface area contributed by atoms with Crippen LogP contribution in [-0.2, 0) is 14.3 Å². The van der Waals surface area contributed by atoms with Crippen LogP contribution < -0.4 is 16.8 Å². The van der Waals surface area contributed by atoms with Gasteiger partial charge in [-0.25, -0.2) is 4.79 Å². The second kappa shape index (κ2) is 7.06. The van der Waals surface area contributed by atoms with Gasteiger partial charge in [-0.15, -0.1) is 0 Å². The summed E-state index contributed by atoms with van der Waals surface area (Å²) in [4.78, 5) is 35.2. The van der Waals surface area contributed by atoms with Crippen LogP contribution >= 0.6 is 0 Å². The molecule has 0 unspecified atom stereocenters. The molecular weight excluding hydrogens is 336 g/mol. The van der Waals surface area contributed by atoms with Crippen molar-refractivity contribution in [3.63, 3.8) is 0 Å². The molecule has 2 heterocycles. The number of amides is 3. The minimum absolute atomic E-state index is 0. The van der Waals surface area contributed by atoms with Crippen molar-refractivity contribution in [2.45, 2.75) is 83.6 Å². The molecule has 0 radical (unpaired) electrons. The van der Waals surface area contributed by atoms with E-state index in [0.29, 0.717) is 18.4 Å². The normalized spacial score (nSPS) is 35.9. The van der Waals surface area contributed by atoms with Crippen molar-refractivity contribution in [2.75, 3.05) is 0 Å². The topological polar surface area (TPSA) is 128 Å². The summed E-state index contributed by atoms with van der Waals surface area (Å²) >= 11 is 0. The zero-order valence-electron chi connectivity index (χ0n) is 15.0. The molecule has 6 atom stereocenters. The highest BCUT2D eigenvalue weighted by Gasteiger charge is 2.56. The third-order valence-electron chi connectivity index (χ3n) is 5.26. The van der Waals surface area contributed by atoms with Crippen LogP contribution in [0, 0.1) is 11.8 Å². The van der Waals surface area contributed by atoms with Gasteiger partial charge in [-0.2, -0.15) is 0 Å². The molecule has 2 aliphatic heterocycles. The van der Waals surface area contributed by atoms with Gasteiger partial charge >= 0.3 is 6.09 Å². The van der Waals surface area contributed by atoms with Gasteiger partial charge in [0.2, 0.25) is 11.8 Å². The summed E-state index contributed by atoms with van der Waals surface area (Å²) in [6.45, 7) is 5.43. The average Bonchev–Trinajstić information content (AvgIpc) is 3.33. The molecule has 5 N–H and O–H groups in total. The summed E-state index contributed by atoms with van der Waals surface area (Å²) in [5.74, 6) is 0.591. The summed E-state index contributed by atoms with van der Waals surface area (Å²) in [6, 6.07) is 0.308. The van der Waals surface area contributed by atoms with E-state index in [2.05, 4.69) is 5.32 Å². The first-order chi connectivity index (χ1) is 11.6. The first-order valence-corrected chi connectivity index (χ1v) is 8.93. The molecule has 3 amide bonds. The molecular formula is C18H34N4O4. The van der Waals surface area contributed by atoms with Gasteiger partial charge in [-0.1, -0.05) is 7.43 Å². The first kappa shape index (κ1) is 20.5. The summed E-state index contributed by atoms with van der Waals surface area (Å²) < 4.78 is 5.28. The Labute approximate surface area is 156 Å². The van der Waals surface area contributed by atoms with E-state index < -0.39 is 23.6 Å². The van der Waals surface area contributed by atoms with Crippen molar-refractivity contribution in [3.05, 3.63) is 0 Å². The van der Waals surface area contributed by atoms with Gasteiger partial charge in [-0.3, -0.25) is 14.5 Å². The van der Waals surface area contributed by atoms with E-state index >= 15 is 0 Å². The maximum atomic E-state index is 11.9. The van der Waals surface area contributed by atoms with Crippen molar-refractivity contribution >= 4 is 17.9 Å². The zero-order chi connectivity index (χ0) is 18.5. The molecule has 8 heteroatoms. The molecule has 4 rings (SSSR count). The van der Waals surface area contributed by atoms with Crippen LogP contribution in [0.25, 0.3) is 0 Å². The fraction of sp³-hybridized carbons (Fsp3) is 0.833. The largest absolute Gasteiger partial charge is 0.444 e. The standard InChI is InChI=1S/C11H18N2O3.C6H10N2O.CH4.H2/c1-11(2,3)16-10(15)13-7-4-6(7)5-8(13)9(12)14;7-6(9)5-2-3-1-4(3)8-5;;/h6-8H,4-5H2,1-3H3,(H2,12,14);3-5,8H,1-2H2,(H2,7,9);1H4;1H/t6-,7-,8-;3-,4-,5-;;/m00../s1. The number of ether oxygens (including phenoxy) is 1. The predicted molar refractivity (Wildman–Crippen MR) is 99.0 cm³/mol. The van der Waals surface area contributed by atoms with Crippen molar-refractivity contribution in [1.82, 2.24) is 10.2 Å². The number of primary amides is 2. The quantitative estimate of drug-likeness (QED) is 0.667. The van der Waals surface area contributed by atoms with Gasteiger partial charge in [0.1, 0.15) is 11.6 Å². The van der Waals surface area contributed by atoms with Gasteiger partial charge in [0.15, 0.2) is 0 Å². The van der Waals surface area contributed by atoms with E-state index in [9.17, 15) is 14.4 Å². The molecule has 0 spiro atoms. The Balaban J connectivity index is 0.000000284. The van der Waals surface area contributed by atoms with Gasteiger partial charge in [0.05, 0.1) is 6.04 Å². The number of fused-ring (bicyclic) bond motifs is 2. The molecule has 26 heavy (non-hydrogen) atoms. The van der Waals surface area contributed by atoms with Crippen molar-refractivity contribution < 1.29 is 20.5 Å². The lowest BCUT2D eigenvalue weighted by molar-refractivity contribution is -0.123. The highest BCUT2D eigenvalue weighted by atomic mass is 16.6. The minimum atomic E-state index is -0.535. The number of likely N-dealkylation sites (tertiary alicyclic amines) is 1. The molecule has 0 aromatic carbocycles. The molecule has 0 bridgehead atoms. The Bertz CT molecular complexity index is 584. The number of carbonyl (C=O) groups excluding carboxylic acids is 3. The molecule has 0 aromatic rings. The number of carbonyl (C=O) groups is 3. The maximum absolute atomic E-state index is 11.9. The Morgan fingerprint density at radius 1 is 1.04 bits per heavy atom. The summed E-state index contributed by atoms with van der Waals surface area (Å²) in [7, 11) is 0. The third-order valence-corrected chi connectivity index (χ3v) is 5.26. The number of nitrogens with zero attached hydrogens (tertiary/aromatic N) is 1. The van der Waals surface area contributed by atoms with Crippen molar-refractivity contribution in [3.8, 4) is 0 Å². The molecule has 4 aliphatic rings. The maximum Gasteiger partial charge on any atom is 0.411 e. The molecule has 2 aliphatic carbocycles. The SMILES string of the molecule is C.CC(C)(C)OC(=O)N1[C@H](C(N)=O)C[C@@H]2C[C@@H]21.NC(=O)[C@@H]1C[C@@H]2C[C@@H]2N1.[HH]. The van der Waals surface area contributed by atoms with Crippen LogP contribution in [0.4, 0.5) is 4.79 Å². The van der Waals surface area contributed by atoms with Crippen LogP contribution in [0.3, 0.4) is 0 Å². The lowest BCUT2D eigenvalue weighted by Gasteiger charge is -2.28. The van der Waals surface area contributed by atoms with E-state index in [1.807, 2.05) is 20.8 Å². The van der Waals surface area contributed by atoms with Crippen LogP contribution in [-0.4, -0.2) is 52.6 Å². The Morgan fingerprint density at radius 3 is 2.12 bits per heavy atom. The van der Waals surface area contributed by atoms with Gasteiger partial charge in [0, 0.05) is 13.5 Å². The molecule has 150 valence electrons. The number of hydrogen-bond acceptors (Lipinski definition) is 5. The monoisotopic (exact) mass is 370 g/mol. The zero-order valence-corrected chi connectivity index (χ0v) is 15.0. The smallest absolute Gasteiger partial charge is 0.411 e. The van der Waals surface area contributed by atoms with Crippen LogP contribution in [0.2, 0.25) is 0 Å². The summed E-state index contributed by atoms with van der Waals surface area (Å²) in [5, 5.41) is 3.15. The summed E-state index contributed by atoms with van der Waals surface area (Å²) in [6.07, 6.45) is 3.48. The fourth-order valence-corrected chi connectivity index (χ4v) is 3.83. The fourth-order valence-electron chi connectivity index (χ4n) is 3.83. The highest BCUT2D eigenvalue weighted by Crippen LogP contribution is 2.48. The molecule has 4 fully saturated rings. The number of nitrogens with one attached hydrogen (secondary N) is 1. The summed E-state index contributed by atoms with van der Waals surface area (Å²) in [5.41, 5.74) is 9.83. The lowest BCUT2D eigenvalue weighted by atomic mass is 10.1. The first-order valence-electron chi connectivity index (χ1n) is 8.93. The predicted octanol–water partition coefficient (Wildman–Crippen LogP) is 0.974. The van der Waals surface area contributed by atoms with Crippen molar-refractivity contribution in [2.24, 2.45) is 23.3 Å². The average molecular weight is 370 g/mol. The van der Waals surface area contributed by atoms with E-state index in [-0.39, 0.29) is 26.8 Å². The van der Waals surface area contributed by atoms with Gasteiger partial charge in [-0.05, 0) is 58.3 Å². The van der Waals surface area contributed by atoms with E-state index in [1.165, 1.54) is 11.3 Å². The molecule has 2 saturated heterocycles. The van der Waals surface area contributed by atoms with Gasteiger partial charge in [0.25, 0.3) is 0 Å². The van der Waals surface area contributed by atoms with E-state index in [4.69, 9.17) is 16.2 Å². The number of nitrogens with two attached hydrogens (primary N) is 2. The number of piperidine rings is 2. The van der Waals surface area contributed by atoms with Crippen molar-refractivity contribution in [1.29, 1.82) is 0 Å². The number of rotatable bonds is 2. The van der Waals surface area contributed by atoms with Crippen LogP contribution in [0.5, 0.6) is 0 Å². The van der Waals surface area contributed by atoms with Crippen LogP contribution in [0.1, 0.15) is 55.3 Å². The minimum Gasteiger partial charge on any atom is -0.444 e. The van der Waals surface area contributed by atoms with Crippen LogP contribution in [0.15, 0.2) is 0 Å². The third kappa shape index (κ3) is 4.47. The molecule has 8 nitrogen and oxygen atoms in total. The van der Waals surface area contributed by atoms with E-state index in [1.54, 1.807) is 0 Å². The second-order valence-electron chi connectivity index (χ2n) is 8.56. The Kier molecular flexibility index (Phi) is 5.56. The number of hydrogen-bond donors (Lipinski definition) is 3. The highest BCUT2D eigenvalue weighted by molar-refractivity contribution is 5.85. The van der Waals surface area contributed by atoms with Gasteiger partial charge < -0.3 is 21.5 Å². The Morgan fingerprint density at radius 2 is 1.69 bits per heavy atom.